The molecular weight excluding hydrogens is 563 g/mol. The Morgan fingerprint density at radius 3 is 2.67 bits per heavy atom. The lowest BCUT2D eigenvalue weighted by molar-refractivity contribution is -0.137. The molecule has 5 rings (SSSR count). The van der Waals surface area contributed by atoms with Gasteiger partial charge in [-0.3, -0.25) is 23.9 Å². The molecule has 0 spiro atoms. The van der Waals surface area contributed by atoms with E-state index in [9.17, 15) is 23.6 Å². The van der Waals surface area contributed by atoms with Gasteiger partial charge in [0.2, 0.25) is 17.7 Å². The maximum absolute atomic E-state index is 14.2. The van der Waals surface area contributed by atoms with Gasteiger partial charge in [0.1, 0.15) is 12.4 Å². The molecule has 2 heterocycles. The van der Waals surface area contributed by atoms with Crippen molar-refractivity contribution in [3.8, 4) is 0 Å². The van der Waals surface area contributed by atoms with Gasteiger partial charge in [-0.05, 0) is 55.4 Å². The van der Waals surface area contributed by atoms with Gasteiger partial charge < -0.3 is 20.9 Å². The molecule has 0 unspecified atom stereocenters. The van der Waals surface area contributed by atoms with Crippen LogP contribution in [0.4, 0.5) is 4.39 Å². The van der Waals surface area contributed by atoms with Crippen LogP contribution in [0.15, 0.2) is 36.4 Å². The van der Waals surface area contributed by atoms with Crippen molar-refractivity contribution in [3.05, 3.63) is 64.1 Å². The first-order chi connectivity index (χ1) is 20.1. The van der Waals surface area contributed by atoms with Crippen LogP contribution in [0.2, 0.25) is 5.02 Å². The van der Waals surface area contributed by atoms with Gasteiger partial charge in [0.15, 0.2) is 5.69 Å². The monoisotopic (exact) mass is 596 g/mol. The minimum atomic E-state index is -0.744. The molecule has 0 radical (unpaired) electrons. The second-order valence-electron chi connectivity index (χ2n) is 11.2. The Kier molecular flexibility index (Phi) is 8.77. The summed E-state index contributed by atoms with van der Waals surface area (Å²) >= 11 is 5.82. The van der Waals surface area contributed by atoms with Crippen molar-refractivity contribution < 1.29 is 23.6 Å². The average molecular weight is 597 g/mol. The number of nitrogens with zero attached hydrogens (tertiary/aromatic N) is 4. The Morgan fingerprint density at radius 2 is 1.95 bits per heavy atom. The predicted octanol–water partition coefficient (Wildman–Crippen LogP) is 3.04. The number of fused-ring (bicyclic) bond motifs is 1. The third kappa shape index (κ3) is 6.73. The Hall–Kier alpha value is -3.99. The molecule has 0 bridgehead atoms. The topological polar surface area (TPSA) is 131 Å². The third-order valence-corrected chi connectivity index (χ3v) is 8.12. The average Bonchev–Trinajstić information content (AvgIpc) is 3.74. The molecule has 12 heteroatoms. The van der Waals surface area contributed by atoms with Gasteiger partial charge in [-0.2, -0.15) is 5.10 Å². The van der Waals surface area contributed by atoms with Gasteiger partial charge in [-0.1, -0.05) is 36.7 Å². The number of benzene rings is 2. The number of aromatic nitrogens is 2. The van der Waals surface area contributed by atoms with Crippen LogP contribution in [0, 0.1) is 11.7 Å². The van der Waals surface area contributed by atoms with Gasteiger partial charge in [0.25, 0.3) is 5.91 Å². The molecule has 2 aromatic carbocycles. The summed E-state index contributed by atoms with van der Waals surface area (Å²) in [6.45, 7) is 3.14. The van der Waals surface area contributed by atoms with Gasteiger partial charge >= 0.3 is 0 Å². The quantitative estimate of drug-likeness (QED) is 0.371. The van der Waals surface area contributed by atoms with Gasteiger partial charge in [0, 0.05) is 36.6 Å². The molecule has 42 heavy (non-hydrogen) atoms. The second-order valence-corrected chi connectivity index (χ2v) is 11.6. The summed E-state index contributed by atoms with van der Waals surface area (Å²) in [6, 6.07) is 9.72. The second kappa shape index (κ2) is 12.5. The van der Waals surface area contributed by atoms with Crippen LogP contribution in [0.1, 0.15) is 54.2 Å². The highest BCUT2D eigenvalue weighted by Crippen LogP contribution is 2.28. The molecule has 10 nitrogen and oxygen atoms in total. The molecule has 3 aromatic rings. The van der Waals surface area contributed by atoms with Crippen molar-refractivity contribution in [2.45, 2.75) is 58.2 Å². The summed E-state index contributed by atoms with van der Waals surface area (Å²) in [5, 5.41) is 7.41. The molecule has 4 amide bonds. The number of hydrogen-bond acceptors (Lipinski definition) is 5. The van der Waals surface area contributed by atoms with E-state index >= 15 is 0 Å². The molecule has 2 fully saturated rings. The number of primary amides is 1. The van der Waals surface area contributed by atoms with E-state index in [4.69, 9.17) is 17.3 Å². The number of carbonyl (C=O) groups is 4. The number of nitrogens with one attached hydrogen (secondary N) is 1. The first kappa shape index (κ1) is 29.5. The summed E-state index contributed by atoms with van der Waals surface area (Å²) in [5.74, 6) is -1.63. The number of amides is 4. The smallest absolute Gasteiger partial charge is 0.269 e. The normalized spacial score (nSPS) is 16.8. The fraction of sp³-hybridized carbons (Fsp3) is 0.433. The lowest BCUT2D eigenvalue weighted by Crippen LogP contribution is -2.43. The lowest BCUT2D eigenvalue weighted by atomic mass is 9.99. The Balaban J connectivity index is 1.28. The Labute approximate surface area is 247 Å². The van der Waals surface area contributed by atoms with E-state index in [1.54, 1.807) is 24.3 Å². The van der Waals surface area contributed by atoms with Crippen molar-refractivity contribution in [1.82, 2.24) is 24.9 Å². The number of hydrogen-bond donors (Lipinski definition) is 2. The highest BCUT2D eigenvalue weighted by Gasteiger charge is 2.34. The third-order valence-electron chi connectivity index (χ3n) is 7.83. The Morgan fingerprint density at radius 1 is 1.17 bits per heavy atom. The number of likely N-dealkylation sites (tertiary alicyclic amines) is 1. The molecule has 1 atom stereocenters. The lowest BCUT2D eigenvalue weighted by Gasteiger charge is -2.31. The van der Waals surface area contributed by atoms with Crippen LogP contribution in [0.5, 0.6) is 0 Å². The number of piperidine rings is 1. The maximum atomic E-state index is 14.2. The van der Waals surface area contributed by atoms with Gasteiger partial charge in [0.05, 0.1) is 23.5 Å². The van der Waals surface area contributed by atoms with E-state index in [1.165, 1.54) is 21.7 Å². The number of carbonyl (C=O) groups excluding carboxylic acids is 4. The highest BCUT2D eigenvalue weighted by molar-refractivity contribution is 6.30. The zero-order chi connectivity index (χ0) is 30.0. The number of rotatable bonds is 10. The van der Waals surface area contributed by atoms with E-state index in [2.05, 4.69) is 17.3 Å². The van der Waals surface area contributed by atoms with E-state index in [0.717, 1.165) is 44.3 Å². The molecule has 1 saturated carbocycles. The molecule has 1 saturated heterocycles. The van der Waals surface area contributed by atoms with Gasteiger partial charge in [-0.15, -0.1) is 0 Å². The van der Waals surface area contributed by atoms with E-state index in [0.29, 0.717) is 16.8 Å². The minimum absolute atomic E-state index is 0.0120. The van der Waals surface area contributed by atoms with E-state index in [1.807, 2.05) is 4.90 Å². The van der Waals surface area contributed by atoms with Crippen LogP contribution in [0.3, 0.4) is 0 Å². The summed E-state index contributed by atoms with van der Waals surface area (Å²) in [4.78, 5) is 54.6. The highest BCUT2D eigenvalue weighted by atomic mass is 35.5. The predicted molar refractivity (Wildman–Crippen MR) is 155 cm³/mol. The first-order valence-corrected chi connectivity index (χ1v) is 14.5. The molecular formula is C30H34ClFN6O4. The zero-order valence-electron chi connectivity index (χ0n) is 23.4. The summed E-state index contributed by atoms with van der Waals surface area (Å²) < 4.78 is 15.6. The molecule has 1 aromatic heterocycles. The molecule has 1 aliphatic carbocycles. The van der Waals surface area contributed by atoms with Crippen LogP contribution in [-0.4, -0.2) is 68.9 Å². The van der Waals surface area contributed by atoms with Crippen molar-refractivity contribution in [3.63, 3.8) is 0 Å². The SMILES string of the molecule is C[C@H]1CCCN(C(=O)Cc2ccc3c(c2)c(C(N)=O)nn3CC(=O)N(CC(=O)NCc2cccc(Cl)c2F)C2CC2)C1. The molecule has 1 aliphatic heterocycles. The van der Waals surface area contributed by atoms with Crippen LogP contribution >= 0.6 is 11.6 Å². The van der Waals surface area contributed by atoms with Gasteiger partial charge in [-0.25, -0.2) is 4.39 Å². The van der Waals surface area contributed by atoms with Crippen molar-refractivity contribution in [1.29, 1.82) is 0 Å². The van der Waals surface area contributed by atoms with Crippen LogP contribution < -0.4 is 11.1 Å². The van der Waals surface area contributed by atoms with E-state index in [-0.39, 0.29) is 60.2 Å². The fourth-order valence-corrected chi connectivity index (χ4v) is 5.65. The van der Waals surface area contributed by atoms with Crippen molar-refractivity contribution in [2.75, 3.05) is 19.6 Å². The molecule has 2 aliphatic rings. The number of halogens is 2. The summed E-state index contributed by atoms with van der Waals surface area (Å²) in [7, 11) is 0. The van der Waals surface area contributed by atoms with Crippen LogP contribution in [-0.2, 0) is 33.9 Å². The van der Waals surface area contributed by atoms with Crippen LogP contribution in [0.25, 0.3) is 10.9 Å². The standard InChI is InChI=1S/C30H34ClFN6O4/c1-18-4-3-11-36(15-18)26(40)13-19-7-10-24-22(12-19)29(30(33)42)35-38(24)17-27(41)37(21-8-9-21)16-25(39)34-14-20-5-2-6-23(31)28(20)32/h2,5-7,10,12,18,21H,3-4,8-9,11,13-17H2,1H3,(H2,33,42)(H,34,39)/t18-/m0/s1. The number of nitrogens with two attached hydrogens (primary N) is 1. The zero-order valence-corrected chi connectivity index (χ0v) is 24.2. The molecule has 222 valence electrons. The summed E-state index contributed by atoms with van der Waals surface area (Å²) in [5.41, 5.74) is 7.13. The fourth-order valence-electron chi connectivity index (χ4n) is 5.46. The molecule has 3 N–H and O–H groups in total. The van der Waals surface area contributed by atoms with Crippen molar-refractivity contribution >= 4 is 46.1 Å². The summed E-state index contributed by atoms with van der Waals surface area (Å²) in [6.07, 6.45) is 3.82. The Bertz CT molecular complexity index is 1540. The largest absolute Gasteiger partial charge is 0.364 e. The van der Waals surface area contributed by atoms with E-state index < -0.39 is 17.6 Å². The maximum Gasteiger partial charge on any atom is 0.269 e. The minimum Gasteiger partial charge on any atom is -0.364 e. The first-order valence-electron chi connectivity index (χ1n) is 14.2. The van der Waals surface area contributed by atoms with Crippen molar-refractivity contribution in [2.24, 2.45) is 11.7 Å².